The van der Waals surface area contributed by atoms with Gasteiger partial charge in [-0.25, -0.2) is 9.78 Å². The van der Waals surface area contributed by atoms with Crippen LogP contribution in [-0.2, 0) is 20.7 Å². The molecular weight excluding hydrogens is 356 g/mol. The van der Waals surface area contributed by atoms with Gasteiger partial charge in [-0.1, -0.05) is 0 Å². The van der Waals surface area contributed by atoms with Crippen LogP contribution in [0.15, 0.2) is 21.9 Å². The fourth-order valence-corrected chi connectivity index (χ4v) is 2.98. The Morgan fingerprint density at radius 2 is 2.12 bits per heavy atom. The maximum atomic E-state index is 12.2. The molecule has 142 valence electrons. The lowest BCUT2D eigenvalue weighted by molar-refractivity contribution is -0.142. The van der Waals surface area contributed by atoms with Crippen molar-refractivity contribution in [1.82, 2.24) is 10.3 Å². The number of thiazole rings is 1. The fourth-order valence-electron chi connectivity index (χ4n) is 2.20. The van der Waals surface area contributed by atoms with E-state index in [1.807, 2.05) is 39.8 Å². The van der Waals surface area contributed by atoms with E-state index in [2.05, 4.69) is 10.3 Å². The largest absolute Gasteiger partial charge is 0.480 e. The SMILES string of the molecule is Cc1ccc(-c2nc(CC(=O)NC(CCOC(C)(C)C)C(=O)O)cs2)o1. The van der Waals surface area contributed by atoms with Crippen molar-refractivity contribution in [3.05, 3.63) is 29.0 Å². The van der Waals surface area contributed by atoms with Gasteiger partial charge >= 0.3 is 5.97 Å². The molecule has 2 rings (SSSR count). The minimum Gasteiger partial charge on any atom is -0.480 e. The fraction of sp³-hybridized carbons (Fsp3) is 0.500. The van der Waals surface area contributed by atoms with Crippen LogP contribution in [0.5, 0.6) is 0 Å². The highest BCUT2D eigenvalue weighted by molar-refractivity contribution is 7.13. The Balaban J connectivity index is 1.89. The van der Waals surface area contributed by atoms with E-state index < -0.39 is 12.0 Å². The number of carboxylic acids is 1. The van der Waals surface area contributed by atoms with Gasteiger partial charge in [0.15, 0.2) is 10.8 Å². The van der Waals surface area contributed by atoms with E-state index in [9.17, 15) is 14.7 Å². The summed E-state index contributed by atoms with van der Waals surface area (Å²) in [7, 11) is 0. The van der Waals surface area contributed by atoms with Gasteiger partial charge < -0.3 is 19.6 Å². The molecule has 0 saturated heterocycles. The number of ether oxygens (including phenoxy) is 1. The Bertz CT molecular complexity index is 760. The molecule has 2 heterocycles. The second kappa shape index (κ2) is 8.46. The summed E-state index contributed by atoms with van der Waals surface area (Å²) < 4.78 is 11.0. The van der Waals surface area contributed by atoms with Gasteiger partial charge in [0.2, 0.25) is 5.91 Å². The summed E-state index contributed by atoms with van der Waals surface area (Å²) >= 11 is 1.38. The number of aliphatic carboxylic acids is 1. The molecule has 2 aromatic rings. The molecular formula is C18H24N2O5S. The Labute approximate surface area is 156 Å². The minimum absolute atomic E-state index is 0.0140. The summed E-state index contributed by atoms with van der Waals surface area (Å²) in [5.41, 5.74) is 0.223. The average Bonchev–Trinajstić information content (AvgIpc) is 3.13. The molecule has 0 aliphatic heterocycles. The lowest BCUT2D eigenvalue weighted by Crippen LogP contribution is -2.42. The summed E-state index contributed by atoms with van der Waals surface area (Å²) in [5.74, 6) is -0.0281. The zero-order valence-corrected chi connectivity index (χ0v) is 16.2. The first-order valence-corrected chi connectivity index (χ1v) is 9.19. The summed E-state index contributed by atoms with van der Waals surface area (Å²) in [6.45, 7) is 7.77. The molecule has 0 aromatic carbocycles. The van der Waals surface area contributed by atoms with Crippen molar-refractivity contribution in [1.29, 1.82) is 0 Å². The third-order valence-corrected chi connectivity index (χ3v) is 4.33. The first kappa shape index (κ1) is 20.1. The number of hydrogen-bond acceptors (Lipinski definition) is 6. The van der Waals surface area contributed by atoms with Crippen LogP contribution in [0.1, 0.15) is 38.6 Å². The summed E-state index contributed by atoms with van der Waals surface area (Å²) in [6, 6.07) is 2.68. The molecule has 2 aromatic heterocycles. The third kappa shape index (κ3) is 6.27. The van der Waals surface area contributed by atoms with E-state index in [0.29, 0.717) is 16.5 Å². The monoisotopic (exact) mass is 380 g/mol. The van der Waals surface area contributed by atoms with Crippen molar-refractivity contribution in [2.24, 2.45) is 0 Å². The quantitative estimate of drug-likeness (QED) is 0.730. The molecule has 0 bridgehead atoms. The standard InChI is InChI=1S/C18H24N2O5S/c1-11-5-6-14(25-11)16-19-12(10-26-16)9-15(21)20-13(17(22)23)7-8-24-18(2,3)4/h5-6,10,13H,7-9H2,1-4H3,(H,20,21)(H,22,23). The Morgan fingerprint density at radius 1 is 1.38 bits per heavy atom. The first-order chi connectivity index (χ1) is 12.1. The van der Waals surface area contributed by atoms with E-state index in [0.717, 1.165) is 5.76 Å². The zero-order chi connectivity index (χ0) is 19.3. The Morgan fingerprint density at radius 3 is 2.69 bits per heavy atom. The van der Waals surface area contributed by atoms with Gasteiger partial charge in [-0.2, -0.15) is 0 Å². The van der Waals surface area contributed by atoms with Gasteiger partial charge in [0.1, 0.15) is 11.8 Å². The number of amides is 1. The van der Waals surface area contributed by atoms with Crippen LogP contribution in [0.25, 0.3) is 10.8 Å². The lowest BCUT2D eigenvalue weighted by atomic mass is 10.1. The van der Waals surface area contributed by atoms with Gasteiger partial charge in [0, 0.05) is 18.4 Å². The molecule has 0 aliphatic rings. The van der Waals surface area contributed by atoms with Gasteiger partial charge in [0.25, 0.3) is 0 Å². The number of rotatable bonds is 8. The van der Waals surface area contributed by atoms with Gasteiger partial charge in [-0.3, -0.25) is 4.79 Å². The van der Waals surface area contributed by atoms with Crippen molar-refractivity contribution in [2.75, 3.05) is 6.61 Å². The van der Waals surface area contributed by atoms with Crippen LogP contribution in [0.2, 0.25) is 0 Å². The molecule has 0 aliphatic carbocycles. The number of nitrogens with zero attached hydrogens (tertiary/aromatic N) is 1. The smallest absolute Gasteiger partial charge is 0.326 e. The second-order valence-electron chi connectivity index (χ2n) is 6.94. The predicted octanol–water partition coefficient (Wildman–Crippen LogP) is 3.03. The number of hydrogen-bond donors (Lipinski definition) is 2. The summed E-state index contributed by atoms with van der Waals surface area (Å²) in [5, 5.41) is 14.3. The maximum Gasteiger partial charge on any atom is 0.326 e. The maximum absolute atomic E-state index is 12.2. The van der Waals surface area contributed by atoms with E-state index in [1.165, 1.54) is 11.3 Å². The molecule has 1 unspecified atom stereocenters. The number of carbonyl (C=O) groups excluding carboxylic acids is 1. The van der Waals surface area contributed by atoms with Crippen LogP contribution in [-0.4, -0.2) is 40.2 Å². The molecule has 0 saturated carbocycles. The van der Waals surface area contributed by atoms with Gasteiger partial charge in [0.05, 0.1) is 17.7 Å². The molecule has 1 amide bonds. The van der Waals surface area contributed by atoms with E-state index in [-0.39, 0.29) is 31.0 Å². The first-order valence-electron chi connectivity index (χ1n) is 8.31. The number of aromatic nitrogens is 1. The predicted molar refractivity (Wildman–Crippen MR) is 98.1 cm³/mol. The molecule has 7 nitrogen and oxygen atoms in total. The second-order valence-corrected chi connectivity index (χ2v) is 7.80. The molecule has 26 heavy (non-hydrogen) atoms. The van der Waals surface area contributed by atoms with Crippen molar-refractivity contribution in [2.45, 2.75) is 52.2 Å². The molecule has 8 heteroatoms. The number of furan rings is 1. The number of carbonyl (C=O) groups is 2. The molecule has 0 fully saturated rings. The topological polar surface area (TPSA) is 102 Å². The van der Waals surface area contributed by atoms with Crippen molar-refractivity contribution < 1.29 is 23.8 Å². The van der Waals surface area contributed by atoms with Crippen LogP contribution in [0.4, 0.5) is 0 Å². The zero-order valence-electron chi connectivity index (χ0n) is 15.4. The van der Waals surface area contributed by atoms with E-state index in [4.69, 9.17) is 9.15 Å². The lowest BCUT2D eigenvalue weighted by Gasteiger charge is -2.21. The van der Waals surface area contributed by atoms with Crippen molar-refractivity contribution >= 4 is 23.2 Å². The highest BCUT2D eigenvalue weighted by atomic mass is 32.1. The summed E-state index contributed by atoms with van der Waals surface area (Å²) in [6.07, 6.45) is 0.215. The van der Waals surface area contributed by atoms with Crippen molar-refractivity contribution in [3.63, 3.8) is 0 Å². The summed E-state index contributed by atoms with van der Waals surface area (Å²) in [4.78, 5) is 27.9. The van der Waals surface area contributed by atoms with Crippen LogP contribution in [0, 0.1) is 6.92 Å². The molecule has 2 N–H and O–H groups in total. The molecule has 0 radical (unpaired) electrons. The average molecular weight is 380 g/mol. The highest BCUT2D eigenvalue weighted by Crippen LogP contribution is 2.25. The van der Waals surface area contributed by atoms with Crippen LogP contribution in [0.3, 0.4) is 0 Å². The highest BCUT2D eigenvalue weighted by Gasteiger charge is 2.22. The minimum atomic E-state index is -1.08. The number of nitrogens with one attached hydrogen (secondary N) is 1. The third-order valence-electron chi connectivity index (χ3n) is 3.42. The van der Waals surface area contributed by atoms with E-state index >= 15 is 0 Å². The Kier molecular flexibility index (Phi) is 6.55. The molecule has 0 spiro atoms. The molecule has 1 atom stereocenters. The van der Waals surface area contributed by atoms with Gasteiger partial charge in [-0.15, -0.1) is 11.3 Å². The van der Waals surface area contributed by atoms with Crippen molar-refractivity contribution in [3.8, 4) is 10.8 Å². The Hall–Kier alpha value is -2.19. The number of aryl methyl sites for hydroxylation is 1. The van der Waals surface area contributed by atoms with Crippen LogP contribution < -0.4 is 5.32 Å². The van der Waals surface area contributed by atoms with Crippen LogP contribution >= 0.6 is 11.3 Å². The van der Waals surface area contributed by atoms with E-state index in [1.54, 1.807) is 5.38 Å². The normalized spacial score (nSPS) is 12.8. The number of carboxylic acid groups (broad SMARTS) is 1. The van der Waals surface area contributed by atoms with Gasteiger partial charge in [-0.05, 0) is 39.8 Å².